The Labute approximate surface area is 99.8 Å². The summed E-state index contributed by atoms with van der Waals surface area (Å²) in [7, 11) is 0. The maximum Gasteiger partial charge on any atom is 0.243 e. The lowest BCUT2D eigenvalue weighted by Crippen LogP contribution is -2.45. The molecule has 1 unspecified atom stereocenters. The van der Waals surface area contributed by atoms with Gasteiger partial charge in [-0.05, 0) is 19.1 Å². The van der Waals surface area contributed by atoms with Crippen LogP contribution in [0.15, 0.2) is 24.3 Å². The lowest BCUT2D eigenvalue weighted by molar-refractivity contribution is -0.118. The Balaban J connectivity index is 2.28. The first kappa shape index (κ1) is 12.0. The lowest BCUT2D eigenvalue weighted by atomic mass is 10.3. The number of anilines is 1. The molecule has 1 heterocycles. The van der Waals surface area contributed by atoms with E-state index in [0.717, 1.165) is 0 Å². The van der Waals surface area contributed by atoms with Crippen LogP contribution < -0.4 is 10.7 Å². The van der Waals surface area contributed by atoms with Crippen molar-refractivity contribution >= 4 is 11.6 Å². The third kappa shape index (κ3) is 2.45. The monoisotopic (exact) mass is 237 g/mol. The van der Waals surface area contributed by atoms with Crippen molar-refractivity contribution in [3.63, 3.8) is 0 Å². The van der Waals surface area contributed by atoms with Gasteiger partial charge in [0.2, 0.25) is 5.91 Å². The molecule has 1 saturated heterocycles. The average Bonchev–Trinajstić information content (AvgIpc) is 2.60. The number of halogens is 1. The maximum atomic E-state index is 13.7. The van der Waals surface area contributed by atoms with Gasteiger partial charge in [-0.3, -0.25) is 4.79 Å². The van der Waals surface area contributed by atoms with Crippen LogP contribution in [-0.2, 0) is 4.79 Å². The van der Waals surface area contributed by atoms with Crippen LogP contribution >= 0.6 is 0 Å². The van der Waals surface area contributed by atoms with Gasteiger partial charge in [0.1, 0.15) is 5.82 Å². The third-order valence-corrected chi connectivity index (χ3v) is 2.68. The summed E-state index contributed by atoms with van der Waals surface area (Å²) in [5, 5.41) is 3.20. The van der Waals surface area contributed by atoms with Gasteiger partial charge in [0.05, 0.1) is 5.69 Å². The number of nitrogens with zero attached hydrogens (tertiary/aromatic N) is 2. The van der Waals surface area contributed by atoms with Crippen molar-refractivity contribution in [1.82, 2.24) is 5.01 Å². The van der Waals surface area contributed by atoms with E-state index in [1.807, 2.05) is 6.92 Å². The van der Waals surface area contributed by atoms with Crippen molar-refractivity contribution < 1.29 is 9.18 Å². The van der Waals surface area contributed by atoms with Crippen LogP contribution in [0.3, 0.4) is 0 Å². The first-order valence-corrected chi connectivity index (χ1v) is 5.67. The molecule has 4 nitrogen and oxygen atoms in total. The summed E-state index contributed by atoms with van der Waals surface area (Å²) in [6.07, 6.45) is 0.404. The fourth-order valence-electron chi connectivity index (χ4n) is 2.00. The highest BCUT2D eigenvalue weighted by molar-refractivity contribution is 5.94. The van der Waals surface area contributed by atoms with Crippen molar-refractivity contribution in [2.45, 2.75) is 19.4 Å². The van der Waals surface area contributed by atoms with Crippen LogP contribution in [0.2, 0.25) is 0 Å². The van der Waals surface area contributed by atoms with Gasteiger partial charge in [-0.1, -0.05) is 12.1 Å². The fraction of sp³-hybridized carbons (Fsp3) is 0.417. The molecule has 2 N–H and O–H groups in total. The molecule has 0 aliphatic carbocycles. The molecule has 1 aliphatic rings. The Kier molecular flexibility index (Phi) is 3.40. The molecule has 1 aromatic carbocycles. The number of hydrazine groups is 1. The van der Waals surface area contributed by atoms with Gasteiger partial charge >= 0.3 is 0 Å². The van der Waals surface area contributed by atoms with Gasteiger partial charge < -0.3 is 5.73 Å². The van der Waals surface area contributed by atoms with Gasteiger partial charge in [0, 0.05) is 25.6 Å². The summed E-state index contributed by atoms with van der Waals surface area (Å²) in [6.45, 7) is 3.00. The number of carbonyl (C=O) groups is 1. The Morgan fingerprint density at radius 2 is 2.18 bits per heavy atom. The predicted molar refractivity (Wildman–Crippen MR) is 63.7 cm³/mol. The number of hydrogen-bond acceptors (Lipinski definition) is 3. The third-order valence-electron chi connectivity index (χ3n) is 2.68. The number of para-hydroxylation sites is 1. The van der Waals surface area contributed by atoms with Crippen LogP contribution in [0.4, 0.5) is 10.1 Å². The highest BCUT2D eigenvalue weighted by Gasteiger charge is 2.31. The van der Waals surface area contributed by atoms with Gasteiger partial charge in [-0.25, -0.2) is 14.4 Å². The molecule has 0 bridgehead atoms. The second-order valence-electron chi connectivity index (χ2n) is 4.30. The van der Waals surface area contributed by atoms with Crippen LogP contribution in [0, 0.1) is 5.82 Å². The van der Waals surface area contributed by atoms with Crippen LogP contribution in [-0.4, -0.2) is 30.0 Å². The normalized spacial score (nSPS) is 18.8. The zero-order valence-corrected chi connectivity index (χ0v) is 9.77. The topological polar surface area (TPSA) is 49.6 Å². The molecule has 2 rings (SSSR count). The van der Waals surface area contributed by atoms with E-state index in [-0.39, 0.29) is 11.9 Å². The van der Waals surface area contributed by atoms with E-state index in [9.17, 15) is 9.18 Å². The van der Waals surface area contributed by atoms with Gasteiger partial charge in [-0.15, -0.1) is 0 Å². The van der Waals surface area contributed by atoms with Crippen LogP contribution in [0.1, 0.15) is 13.3 Å². The zero-order chi connectivity index (χ0) is 12.4. The highest BCUT2D eigenvalue weighted by Crippen LogP contribution is 2.25. The first-order valence-electron chi connectivity index (χ1n) is 5.67. The molecular weight excluding hydrogens is 221 g/mol. The Bertz CT molecular complexity index is 422. The van der Waals surface area contributed by atoms with Crippen molar-refractivity contribution in [3.05, 3.63) is 30.1 Å². The molecule has 1 aromatic rings. The number of rotatable bonds is 3. The van der Waals surface area contributed by atoms with Gasteiger partial charge in [0.15, 0.2) is 0 Å². The van der Waals surface area contributed by atoms with Crippen LogP contribution in [0.25, 0.3) is 0 Å². The number of nitrogens with two attached hydrogens (primary N) is 1. The standard InChI is InChI=1S/C12H16FN3O/c1-9(14)8-15-7-6-12(17)16(15)11-5-3-2-4-10(11)13/h2-5,9H,6-8,14H2,1H3. The van der Waals surface area contributed by atoms with E-state index in [2.05, 4.69) is 0 Å². The minimum atomic E-state index is -0.391. The molecule has 0 aromatic heterocycles. The average molecular weight is 237 g/mol. The summed E-state index contributed by atoms with van der Waals surface area (Å²) in [4.78, 5) is 11.8. The smallest absolute Gasteiger partial charge is 0.243 e. The fourth-order valence-corrected chi connectivity index (χ4v) is 2.00. The minimum Gasteiger partial charge on any atom is -0.327 e. The molecule has 1 aliphatic heterocycles. The molecule has 1 fully saturated rings. The molecule has 0 spiro atoms. The largest absolute Gasteiger partial charge is 0.327 e. The quantitative estimate of drug-likeness (QED) is 0.857. The Hall–Kier alpha value is -1.46. The molecule has 5 heteroatoms. The second-order valence-corrected chi connectivity index (χ2v) is 4.30. The zero-order valence-electron chi connectivity index (χ0n) is 9.77. The highest BCUT2D eigenvalue weighted by atomic mass is 19.1. The summed E-state index contributed by atoms with van der Waals surface area (Å²) in [5.41, 5.74) is 6.02. The number of benzene rings is 1. The Morgan fingerprint density at radius 3 is 2.82 bits per heavy atom. The summed E-state index contributed by atoms with van der Waals surface area (Å²) < 4.78 is 13.7. The van der Waals surface area contributed by atoms with Crippen LogP contribution in [0.5, 0.6) is 0 Å². The molecule has 17 heavy (non-hydrogen) atoms. The van der Waals surface area contributed by atoms with E-state index in [0.29, 0.717) is 25.2 Å². The first-order chi connectivity index (χ1) is 8.09. The molecule has 1 atom stereocenters. The summed E-state index contributed by atoms with van der Waals surface area (Å²) in [6, 6.07) is 6.22. The molecule has 92 valence electrons. The lowest BCUT2D eigenvalue weighted by Gasteiger charge is -2.29. The van der Waals surface area contributed by atoms with Gasteiger partial charge in [0.25, 0.3) is 0 Å². The van der Waals surface area contributed by atoms with E-state index >= 15 is 0 Å². The van der Waals surface area contributed by atoms with Crippen molar-refractivity contribution in [3.8, 4) is 0 Å². The summed E-state index contributed by atoms with van der Waals surface area (Å²) >= 11 is 0. The number of carbonyl (C=O) groups excluding carboxylic acids is 1. The maximum absolute atomic E-state index is 13.7. The molecular formula is C12H16FN3O. The van der Waals surface area contributed by atoms with E-state index < -0.39 is 5.82 Å². The number of amides is 1. The number of hydrogen-bond donors (Lipinski definition) is 1. The van der Waals surface area contributed by atoms with Crippen molar-refractivity contribution in [2.75, 3.05) is 18.1 Å². The molecule has 0 radical (unpaired) electrons. The van der Waals surface area contributed by atoms with Crippen molar-refractivity contribution in [2.24, 2.45) is 5.73 Å². The second kappa shape index (κ2) is 4.81. The minimum absolute atomic E-state index is 0.0600. The van der Waals surface area contributed by atoms with E-state index in [1.165, 1.54) is 11.1 Å². The molecule has 0 saturated carbocycles. The Morgan fingerprint density at radius 1 is 1.47 bits per heavy atom. The predicted octanol–water partition coefficient (Wildman–Crippen LogP) is 1.13. The molecule has 1 amide bonds. The van der Waals surface area contributed by atoms with Gasteiger partial charge in [-0.2, -0.15) is 0 Å². The van der Waals surface area contributed by atoms with Crippen molar-refractivity contribution in [1.29, 1.82) is 0 Å². The summed E-state index contributed by atoms with van der Waals surface area (Å²) in [5.74, 6) is -0.479. The SMILES string of the molecule is CC(N)CN1CCC(=O)N1c1ccccc1F. The van der Waals surface area contributed by atoms with E-state index in [4.69, 9.17) is 5.73 Å². The van der Waals surface area contributed by atoms with E-state index in [1.54, 1.807) is 23.2 Å².